The number of hydrogen-bond donors (Lipinski definition) is 1. The minimum absolute atomic E-state index is 0.0909. The second-order valence-corrected chi connectivity index (χ2v) is 8.73. The highest BCUT2D eigenvalue weighted by molar-refractivity contribution is 6.15. The number of piperazine rings is 1. The Bertz CT molecular complexity index is 1320. The summed E-state index contributed by atoms with van der Waals surface area (Å²) in [5.41, 5.74) is 3.05. The number of Topliss-reactive ketones (excluding diaryl/α,β-unsaturated/α-hetero) is 1. The van der Waals surface area contributed by atoms with Gasteiger partial charge in [-0.1, -0.05) is 18.2 Å². The zero-order chi connectivity index (χ0) is 24.5. The van der Waals surface area contributed by atoms with Crippen molar-refractivity contribution in [3.63, 3.8) is 0 Å². The predicted octanol–water partition coefficient (Wildman–Crippen LogP) is 4.26. The van der Waals surface area contributed by atoms with Crippen molar-refractivity contribution in [1.82, 2.24) is 14.4 Å². The van der Waals surface area contributed by atoms with E-state index in [0.717, 1.165) is 23.0 Å². The second-order valence-electron chi connectivity index (χ2n) is 8.73. The van der Waals surface area contributed by atoms with Crippen LogP contribution >= 0.6 is 0 Å². The van der Waals surface area contributed by atoms with Gasteiger partial charge in [-0.2, -0.15) is 0 Å². The molecule has 2 aliphatic rings. The SMILES string of the molecule is CCOC(=O)N1CCN(Cc2c(O)ccc3c2O/C(=C/c2cn(CC)c4ccccc24)C3=O)CC1. The average molecular weight is 476 g/mol. The minimum Gasteiger partial charge on any atom is -0.507 e. The molecule has 2 aromatic carbocycles. The van der Waals surface area contributed by atoms with Gasteiger partial charge in [-0.05, 0) is 38.1 Å². The van der Waals surface area contributed by atoms with Crippen LogP contribution in [0.15, 0.2) is 48.4 Å². The molecular formula is C27H29N3O5. The number of nitrogens with zero attached hydrogens (tertiary/aromatic N) is 3. The lowest BCUT2D eigenvalue weighted by Crippen LogP contribution is -2.48. The van der Waals surface area contributed by atoms with Gasteiger partial charge in [0.25, 0.3) is 0 Å². The van der Waals surface area contributed by atoms with Crippen molar-refractivity contribution in [2.45, 2.75) is 26.9 Å². The number of carbonyl (C=O) groups is 2. The number of aromatic nitrogens is 1. The van der Waals surface area contributed by atoms with Crippen LogP contribution in [0.3, 0.4) is 0 Å². The number of ether oxygens (including phenoxy) is 2. The number of allylic oxidation sites excluding steroid dienone is 1. The molecule has 1 saturated heterocycles. The van der Waals surface area contributed by atoms with Crippen molar-refractivity contribution in [2.75, 3.05) is 32.8 Å². The van der Waals surface area contributed by atoms with Gasteiger partial charge >= 0.3 is 6.09 Å². The van der Waals surface area contributed by atoms with Gasteiger partial charge in [0.15, 0.2) is 5.76 Å². The Kier molecular flexibility index (Phi) is 6.21. The van der Waals surface area contributed by atoms with Gasteiger partial charge < -0.3 is 24.0 Å². The molecule has 35 heavy (non-hydrogen) atoms. The molecule has 182 valence electrons. The van der Waals surface area contributed by atoms with Crippen LogP contribution in [-0.4, -0.2) is 64.1 Å². The summed E-state index contributed by atoms with van der Waals surface area (Å²) < 4.78 is 13.3. The summed E-state index contributed by atoms with van der Waals surface area (Å²) in [7, 11) is 0. The number of para-hydroxylation sites is 1. The Morgan fingerprint density at radius 2 is 1.89 bits per heavy atom. The molecule has 3 aromatic rings. The first-order valence-electron chi connectivity index (χ1n) is 12.0. The van der Waals surface area contributed by atoms with Crippen LogP contribution in [0.4, 0.5) is 4.79 Å². The molecule has 1 aromatic heterocycles. The molecule has 0 saturated carbocycles. The molecule has 3 heterocycles. The Balaban J connectivity index is 1.38. The van der Waals surface area contributed by atoms with Gasteiger partial charge in [-0.3, -0.25) is 9.69 Å². The molecule has 0 atom stereocenters. The second kappa shape index (κ2) is 9.46. The number of hydrogen-bond acceptors (Lipinski definition) is 6. The fourth-order valence-electron chi connectivity index (χ4n) is 4.77. The van der Waals surface area contributed by atoms with Gasteiger partial charge in [0, 0.05) is 61.9 Å². The zero-order valence-corrected chi connectivity index (χ0v) is 20.0. The van der Waals surface area contributed by atoms with Crippen molar-refractivity contribution in [3.8, 4) is 11.5 Å². The summed E-state index contributed by atoms with van der Waals surface area (Å²) in [5.74, 6) is 0.557. The lowest BCUT2D eigenvalue weighted by molar-refractivity contribution is 0.0774. The molecule has 5 rings (SSSR count). The van der Waals surface area contributed by atoms with Gasteiger partial charge in [-0.15, -0.1) is 0 Å². The standard InChI is InChI=1S/C27H29N3O5/c1-3-29-16-18(19-7-5-6-8-22(19)29)15-24-25(32)20-9-10-23(31)21(26(20)35-24)17-28-11-13-30(14-12-28)27(33)34-4-2/h5-10,15-16,31H,3-4,11-14,17H2,1-2H3/b24-15+. The summed E-state index contributed by atoms with van der Waals surface area (Å²) >= 11 is 0. The maximum Gasteiger partial charge on any atom is 0.409 e. The largest absolute Gasteiger partial charge is 0.507 e. The molecule has 0 radical (unpaired) electrons. The van der Waals surface area contributed by atoms with E-state index < -0.39 is 0 Å². The molecular weight excluding hydrogens is 446 g/mol. The maximum atomic E-state index is 13.2. The number of ketones is 1. The number of aryl methyl sites for hydroxylation is 1. The normalized spacial score (nSPS) is 17.1. The van der Waals surface area contributed by atoms with Crippen LogP contribution in [0.5, 0.6) is 11.5 Å². The number of aromatic hydroxyl groups is 1. The molecule has 0 aliphatic carbocycles. The maximum absolute atomic E-state index is 13.2. The quantitative estimate of drug-likeness (QED) is 0.555. The molecule has 0 spiro atoms. The van der Waals surface area contributed by atoms with Crippen molar-refractivity contribution >= 4 is 28.9 Å². The monoisotopic (exact) mass is 475 g/mol. The van der Waals surface area contributed by atoms with Crippen LogP contribution in [0, 0.1) is 0 Å². The lowest BCUT2D eigenvalue weighted by atomic mass is 10.0. The smallest absolute Gasteiger partial charge is 0.409 e. The molecule has 0 bridgehead atoms. The van der Waals surface area contributed by atoms with Gasteiger partial charge in [0.1, 0.15) is 11.5 Å². The van der Waals surface area contributed by atoms with E-state index in [9.17, 15) is 14.7 Å². The predicted molar refractivity (Wildman–Crippen MR) is 133 cm³/mol. The number of rotatable bonds is 5. The average Bonchev–Trinajstić information content (AvgIpc) is 3.39. The van der Waals surface area contributed by atoms with E-state index in [2.05, 4.69) is 22.5 Å². The number of benzene rings is 2. The molecule has 0 unspecified atom stereocenters. The first-order valence-corrected chi connectivity index (χ1v) is 12.0. The minimum atomic E-state index is -0.302. The third-order valence-corrected chi connectivity index (χ3v) is 6.64. The van der Waals surface area contributed by atoms with E-state index in [1.165, 1.54) is 0 Å². The van der Waals surface area contributed by atoms with E-state index in [0.29, 0.717) is 56.2 Å². The molecule has 2 aliphatic heterocycles. The lowest BCUT2D eigenvalue weighted by Gasteiger charge is -2.34. The van der Waals surface area contributed by atoms with Crippen LogP contribution in [0.2, 0.25) is 0 Å². The van der Waals surface area contributed by atoms with Crippen molar-refractivity contribution in [1.29, 1.82) is 0 Å². The number of phenols is 1. The fourth-order valence-corrected chi connectivity index (χ4v) is 4.77. The van der Waals surface area contributed by atoms with Crippen molar-refractivity contribution in [3.05, 3.63) is 65.0 Å². The number of fused-ring (bicyclic) bond motifs is 2. The summed E-state index contributed by atoms with van der Waals surface area (Å²) in [6, 6.07) is 11.2. The first-order chi connectivity index (χ1) is 17.0. The Labute approximate surface area is 203 Å². The highest BCUT2D eigenvalue weighted by atomic mass is 16.6. The number of amides is 1. The van der Waals surface area contributed by atoms with Crippen LogP contribution in [-0.2, 0) is 17.8 Å². The van der Waals surface area contributed by atoms with Crippen LogP contribution < -0.4 is 4.74 Å². The Morgan fingerprint density at radius 1 is 1.11 bits per heavy atom. The summed E-state index contributed by atoms with van der Waals surface area (Å²) in [4.78, 5) is 29.0. The Hall–Kier alpha value is -3.78. The third-order valence-electron chi connectivity index (χ3n) is 6.64. The first kappa shape index (κ1) is 23.0. The molecule has 1 N–H and O–H groups in total. The van der Waals surface area contributed by atoms with Crippen LogP contribution in [0.1, 0.15) is 35.3 Å². The summed E-state index contributed by atoms with van der Waals surface area (Å²) in [6.45, 7) is 7.81. The molecule has 8 heteroatoms. The van der Waals surface area contributed by atoms with Crippen molar-refractivity contribution < 1.29 is 24.2 Å². The van der Waals surface area contributed by atoms with Crippen molar-refractivity contribution in [2.24, 2.45) is 0 Å². The van der Waals surface area contributed by atoms with E-state index in [1.54, 1.807) is 30.0 Å². The number of carbonyl (C=O) groups excluding carboxylic acids is 2. The van der Waals surface area contributed by atoms with Crippen LogP contribution in [0.25, 0.3) is 17.0 Å². The summed E-state index contributed by atoms with van der Waals surface area (Å²) in [6.07, 6.45) is 3.51. The summed E-state index contributed by atoms with van der Waals surface area (Å²) in [5, 5.41) is 11.7. The fraction of sp³-hybridized carbons (Fsp3) is 0.333. The molecule has 1 amide bonds. The third kappa shape index (κ3) is 4.25. The number of phenolic OH excluding ortho intramolecular Hbond substituents is 1. The van der Waals surface area contributed by atoms with E-state index in [4.69, 9.17) is 9.47 Å². The zero-order valence-electron chi connectivity index (χ0n) is 20.0. The van der Waals surface area contributed by atoms with Gasteiger partial charge in [0.05, 0.1) is 17.7 Å². The van der Waals surface area contributed by atoms with E-state index in [-0.39, 0.29) is 23.4 Å². The van der Waals surface area contributed by atoms with Gasteiger partial charge in [-0.25, -0.2) is 4.79 Å². The van der Waals surface area contributed by atoms with E-state index >= 15 is 0 Å². The molecule has 1 fully saturated rings. The highest BCUT2D eigenvalue weighted by Gasteiger charge is 2.32. The van der Waals surface area contributed by atoms with Gasteiger partial charge in [0.2, 0.25) is 5.78 Å². The topological polar surface area (TPSA) is 84.2 Å². The van der Waals surface area contributed by atoms with E-state index in [1.807, 2.05) is 24.4 Å². The molecule has 8 nitrogen and oxygen atoms in total. The highest BCUT2D eigenvalue weighted by Crippen LogP contribution is 2.40. The Morgan fingerprint density at radius 3 is 2.63 bits per heavy atom.